The van der Waals surface area contributed by atoms with Crippen molar-refractivity contribution in [2.24, 2.45) is 0 Å². The maximum atomic E-state index is 11.5. The van der Waals surface area contributed by atoms with Crippen molar-refractivity contribution >= 4 is 28.8 Å². The van der Waals surface area contributed by atoms with E-state index in [0.29, 0.717) is 23.6 Å². The van der Waals surface area contributed by atoms with Gasteiger partial charge in [-0.25, -0.2) is 4.79 Å². The number of anilines is 1. The number of rotatable bonds is 5. The molecule has 0 atom stereocenters. The number of benzene rings is 3. The molecule has 0 spiro atoms. The summed E-state index contributed by atoms with van der Waals surface area (Å²) in [6, 6.07) is 17.4. The monoisotopic (exact) mass is 307 g/mol. The van der Waals surface area contributed by atoms with Gasteiger partial charge in [-0.05, 0) is 35.7 Å². The lowest BCUT2D eigenvalue weighted by atomic mass is 10.1. The molecule has 0 radical (unpaired) electrons. The van der Waals surface area contributed by atoms with Gasteiger partial charge in [0.2, 0.25) is 6.41 Å². The van der Waals surface area contributed by atoms with Crippen LogP contribution in [0, 0.1) is 0 Å². The van der Waals surface area contributed by atoms with Gasteiger partial charge in [0.1, 0.15) is 17.1 Å². The van der Waals surface area contributed by atoms with Crippen LogP contribution in [-0.2, 0) is 4.79 Å². The summed E-state index contributed by atoms with van der Waals surface area (Å²) in [5, 5.41) is 13.5. The molecule has 114 valence electrons. The van der Waals surface area contributed by atoms with Crippen LogP contribution in [0.2, 0.25) is 0 Å². The van der Waals surface area contributed by atoms with E-state index in [4.69, 9.17) is 4.74 Å². The Kier molecular flexibility index (Phi) is 3.93. The van der Waals surface area contributed by atoms with E-state index in [-0.39, 0.29) is 5.56 Å². The summed E-state index contributed by atoms with van der Waals surface area (Å²) in [7, 11) is 0. The van der Waals surface area contributed by atoms with Crippen LogP contribution in [0.3, 0.4) is 0 Å². The second-order valence-electron chi connectivity index (χ2n) is 4.86. The van der Waals surface area contributed by atoms with E-state index in [1.165, 1.54) is 6.07 Å². The fourth-order valence-electron chi connectivity index (χ4n) is 2.33. The summed E-state index contributed by atoms with van der Waals surface area (Å²) in [6.07, 6.45) is 0.586. The molecule has 5 nitrogen and oxygen atoms in total. The van der Waals surface area contributed by atoms with E-state index >= 15 is 0 Å². The molecule has 0 aliphatic rings. The van der Waals surface area contributed by atoms with Crippen molar-refractivity contribution in [3.8, 4) is 11.5 Å². The highest BCUT2D eigenvalue weighted by atomic mass is 16.5. The zero-order valence-corrected chi connectivity index (χ0v) is 12.0. The minimum Gasteiger partial charge on any atom is -0.478 e. The van der Waals surface area contributed by atoms with E-state index in [9.17, 15) is 14.7 Å². The number of hydrogen-bond acceptors (Lipinski definition) is 3. The van der Waals surface area contributed by atoms with Crippen LogP contribution in [0.25, 0.3) is 10.8 Å². The molecule has 0 unspecified atom stereocenters. The first-order valence-electron chi connectivity index (χ1n) is 6.92. The number of amides is 1. The molecule has 0 fully saturated rings. The highest BCUT2D eigenvalue weighted by molar-refractivity contribution is 6.00. The molecule has 3 aromatic rings. The molecule has 0 heterocycles. The maximum Gasteiger partial charge on any atom is 0.339 e. The van der Waals surface area contributed by atoms with E-state index in [2.05, 4.69) is 5.32 Å². The normalized spacial score (nSPS) is 10.3. The number of fused-ring (bicyclic) bond motifs is 1. The van der Waals surface area contributed by atoms with Gasteiger partial charge in [0.05, 0.1) is 0 Å². The Morgan fingerprint density at radius 2 is 1.74 bits per heavy atom. The van der Waals surface area contributed by atoms with Crippen molar-refractivity contribution in [1.82, 2.24) is 0 Å². The molecular weight excluding hydrogens is 294 g/mol. The molecule has 0 bridgehead atoms. The van der Waals surface area contributed by atoms with Gasteiger partial charge in [-0.3, -0.25) is 4.79 Å². The number of hydrogen-bond donors (Lipinski definition) is 2. The second-order valence-corrected chi connectivity index (χ2v) is 4.86. The first-order valence-corrected chi connectivity index (χ1v) is 6.92. The van der Waals surface area contributed by atoms with Gasteiger partial charge < -0.3 is 15.2 Å². The van der Waals surface area contributed by atoms with Gasteiger partial charge in [0.25, 0.3) is 0 Å². The quantitative estimate of drug-likeness (QED) is 0.701. The van der Waals surface area contributed by atoms with Crippen LogP contribution in [0.5, 0.6) is 11.5 Å². The number of carboxylic acid groups (broad SMARTS) is 1. The summed E-state index contributed by atoms with van der Waals surface area (Å²) < 4.78 is 5.82. The first-order chi connectivity index (χ1) is 11.2. The Morgan fingerprint density at radius 1 is 1.00 bits per heavy atom. The average Bonchev–Trinajstić information content (AvgIpc) is 2.57. The van der Waals surface area contributed by atoms with Gasteiger partial charge >= 0.3 is 5.97 Å². The van der Waals surface area contributed by atoms with Crippen molar-refractivity contribution in [3.05, 3.63) is 66.2 Å². The highest BCUT2D eigenvalue weighted by Gasteiger charge is 2.15. The molecular formula is C18H13NO4. The third-order valence-electron chi connectivity index (χ3n) is 3.41. The van der Waals surface area contributed by atoms with Gasteiger partial charge in [-0.2, -0.15) is 0 Å². The van der Waals surface area contributed by atoms with Crippen molar-refractivity contribution in [2.75, 3.05) is 5.32 Å². The summed E-state index contributed by atoms with van der Waals surface area (Å²) in [4.78, 5) is 21.9. The molecule has 0 saturated carbocycles. The standard InChI is InChI=1S/C18H13NO4/c20-11-19-13-6-8-14(9-7-13)23-17-15-4-2-1-3-12(15)5-10-16(17)18(21)22/h1-11H,(H,19,20)(H,21,22). The fraction of sp³-hybridized carbons (Fsp3) is 0. The number of carbonyl (C=O) groups is 2. The molecule has 2 N–H and O–H groups in total. The predicted octanol–water partition coefficient (Wildman–Crippen LogP) is 3.90. The van der Waals surface area contributed by atoms with Crippen LogP contribution < -0.4 is 10.1 Å². The Labute approximate surface area is 132 Å². The lowest BCUT2D eigenvalue weighted by Crippen LogP contribution is -2.01. The van der Waals surface area contributed by atoms with Crippen molar-refractivity contribution in [3.63, 3.8) is 0 Å². The van der Waals surface area contributed by atoms with E-state index in [0.717, 1.165) is 10.8 Å². The van der Waals surface area contributed by atoms with Gasteiger partial charge in [-0.15, -0.1) is 0 Å². The van der Waals surface area contributed by atoms with Crippen LogP contribution in [0.4, 0.5) is 5.69 Å². The Morgan fingerprint density at radius 3 is 2.43 bits per heavy atom. The minimum atomic E-state index is -1.05. The lowest BCUT2D eigenvalue weighted by molar-refractivity contribution is -0.105. The van der Waals surface area contributed by atoms with Crippen LogP contribution in [0.1, 0.15) is 10.4 Å². The highest BCUT2D eigenvalue weighted by Crippen LogP contribution is 2.34. The Bertz CT molecular complexity index is 872. The van der Waals surface area contributed by atoms with Crippen molar-refractivity contribution in [2.45, 2.75) is 0 Å². The number of aromatic carboxylic acids is 1. The molecule has 3 rings (SSSR count). The van der Waals surface area contributed by atoms with Crippen LogP contribution in [-0.4, -0.2) is 17.5 Å². The molecule has 0 saturated heterocycles. The van der Waals surface area contributed by atoms with Gasteiger partial charge in [-0.1, -0.05) is 30.3 Å². The lowest BCUT2D eigenvalue weighted by Gasteiger charge is -2.12. The number of carbonyl (C=O) groups excluding carboxylic acids is 1. The number of carboxylic acids is 1. The summed E-state index contributed by atoms with van der Waals surface area (Å²) in [5.74, 6) is -0.267. The van der Waals surface area contributed by atoms with Crippen LogP contribution >= 0.6 is 0 Å². The van der Waals surface area contributed by atoms with E-state index in [1.54, 1.807) is 30.3 Å². The first kappa shape index (κ1) is 14.6. The zero-order chi connectivity index (χ0) is 16.2. The van der Waals surface area contributed by atoms with Crippen LogP contribution in [0.15, 0.2) is 60.7 Å². The summed E-state index contributed by atoms with van der Waals surface area (Å²) in [6.45, 7) is 0. The third-order valence-corrected chi connectivity index (χ3v) is 3.41. The summed E-state index contributed by atoms with van der Waals surface area (Å²) in [5.41, 5.74) is 0.725. The minimum absolute atomic E-state index is 0.0961. The topological polar surface area (TPSA) is 75.6 Å². The third kappa shape index (κ3) is 2.98. The van der Waals surface area contributed by atoms with Gasteiger partial charge in [0, 0.05) is 11.1 Å². The van der Waals surface area contributed by atoms with Crippen molar-refractivity contribution in [1.29, 1.82) is 0 Å². The van der Waals surface area contributed by atoms with Crippen molar-refractivity contribution < 1.29 is 19.4 Å². The molecule has 5 heteroatoms. The fourth-order valence-corrected chi connectivity index (χ4v) is 2.33. The average molecular weight is 307 g/mol. The SMILES string of the molecule is O=CNc1ccc(Oc2c(C(=O)O)ccc3ccccc23)cc1. The molecule has 23 heavy (non-hydrogen) atoms. The molecule has 3 aromatic carbocycles. The number of ether oxygens (including phenoxy) is 1. The Hall–Kier alpha value is -3.34. The Balaban J connectivity index is 2.05. The number of nitrogens with one attached hydrogen (secondary N) is 1. The molecule has 0 aromatic heterocycles. The van der Waals surface area contributed by atoms with Gasteiger partial charge in [0.15, 0.2) is 0 Å². The smallest absolute Gasteiger partial charge is 0.339 e. The van der Waals surface area contributed by atoms with E-state index < -0.39 is 5.97 Å². The second kappa shape index (κ2) is 6.19. The summed E-state index contributed by atoms with van der Waals surface area (Å²) >= 11 is 0. The molecule has 0 aliphatic heterocycles. The molecule has 0 aliphatic carbocycles. The largest absolute Gasteiger partial charge is 0.478 e. The van der Waals surface area contributed by atoms with E-state index in [1.807, 2.05) is 24.3 Å². The molecule has 1 amide bonds. The zero-order valence-electron chi connectivity index (χ0n) is 12.0. The maximum absolute atomic E-state index is 11.5. The predicted molar refractivity (Wildman–Crippen MR) is 87.1 cm³/mol.